The molecular formula is C32H17FMgN8. The highest BCUT2D eigenvalue weighted by atomic mass is 24.6. The van der Waals surface area contributed by atoms with Crippen LogP contribution in [0.5, 0.6) is 0 Å². The maximum absolute atomic E-state index is 14.4. The van der Waals surface area contributed by atoms with Crippen molar-refractivity contribution in [3.8, 4) is 45.6 Å². The highest BCUT2D eigenvalue weighted by Gasteiger charge is 2.22. The van der Waals surface area contributed by atoms with Gasteiger partial charge in [-0.1, -0.05) is 91.0 Å². The quantitative estimate of drug-likeness (QED) is 0.237. The number of fused-ring (bicyclic) bond motifs is 20. The SMILES string of the molecule is [F][Mg][c]1cccc2c3nc4nc(nc5[nH]c(nc6nc(nc([nH]3)c12)-c1ccccc1-6)c1ccccc51)-c1ccccc1-4. The first-order valence-corrected chi connectivity index (χ1v) is 14.8. The van der Waals surface area contributed by atoms with Crippen LogP contribution in [0.1, 0.15) is 0 Å². The maximum atomic E-state index is 14.4. The van der Waals surface area contributed by atoms with Crippen molar-refractivity contribution in [1.29, 1.82) is 0 Å². The molecule has 42 heavy (non-hydrogen) atoms. The van der Waals surface area contributed by atoms with E-state index in [2.05, 4.69) is 9.97 Å². The van der Waals surface area contributed by atoms with Crippen molar-refractivity contribution in [2.45, 2.75) is 0 Å². The van der Waals surface area contributed by atoms with Gasteiger partial charge in [-0.2, -0.15) is 0 Å². The van der Waals surface area contributed by atoms with Crippen molar-refractivity contribution < 1.29 is 2.96 Å². The van der Waals surface area contributed by atoms with Crippen LogP contribution in [0.15, 0.2) is 91.0 Å². The van der Waals surface area contributed by atoms with Gasteiger partial charge in [0.2, 0.25) is 0 Å². The molecule has 0 unspecified atom stereocenters. The minimum Gasteiger partial charge on any atom is -0.475 e. The summed E-state index contributed by atoms with van der Waals surface area (Å²) in [4.78, 5) is 36.5. The van der Waals surface area contributed by atoms with Gasteiger partial charge in [-0.25, -0.2) is 29.9 Å². The van der Waals surface area contributed by atoms with Gasteiger partial charge in [0.1, 0.15) is 22.6 Å². The monoisotopic (exact) mass is 556 g/mol. The van der Waals surface area contributed by atoms with Crippen LogP contribution >= 0.6 is 0 Å². The number of benzene rings is 4. The summed E-state index contributed by atoms with van der Waals surface area (Å²) in [5, 5.41) is 3.35. The molecule has 5 heterocycles. The highest BCUT2D eigenvalue weighted by Crippen LogP contribution is 2.36. The summed E-state index contributed by atoms with van der Waals surface area (Å²) in [6.07, 6.45) is 0. The van der Waals surface area contributed by atoms with E-state index in [9.17, 15) is 2.96 Å². The zero-order chi connectivity index (χ0) is 27.8. The number of hydrogen-bond donors (Lipinski definition) is 2. The molecule has 7 aromatic rings. The number of aromatic amines is 2. The van der Waals surface area contributed by atoms with Crippen molar-refractivity contribution in [2.24, 2.45) is 0 Å². The zero-order valence-electron chi connectivity index (χ0n) is 21.9. The van der Waals surface area contributed by atoms with Crippen LogP contribution in [0.4, 0.5) is 2.96 Å². The number of nitrogens with one attached hydrogen (secondary N) is 2. The molecule has 2 N–H and O–H groups in total. The molecule has 0 saturated carbocycles. The third kappa shape index (κ3) is 3.45. The van der Waals surface area contributed by atoms with E-state index in [0.29, 0.717) is 49.6 Å². The van der Waals surface area contributed by atoms with Gasteiger partial charge in [0.05, 0.1) is 0 Å². The van der Waals surface area contributed by atoms with E-state index in [-0.39, 0.29) is 0 Å². The maximum Gasteiger partial charge on any atom is 0.653 e. The van der Waals surface area contributed by atoms with Crippen LogP contribution < -0.4 is 3.69 Å². The van der Waals surface area contributed by atoms with Gasteiger partial charge in [0.25, 0.3) is 0 Å². The first kappa shape index (κ1) is 23.6. The molecule has 10 heteroatoms. The molecule has 2 aliphatic rings. The van der Waals surface area contributed by atoms with Crippen molar-refractivity contribution in [1.82, 2.24) is 39.9 Å². The number of rotatable bonds is 1. The summed E-state index contributed by atoms with van der Waals surface area (Å²) in [7, 11) is 0. The summed E-state index contributed by atoms with van der Waals surface area (Å²) >= 11 is -2.01. The molecule has 9 rings (SSSR count). The molecule has 0 aliphatic carbocycles. The average molecular weight is 557 g/mol. The van der Waals surface area contributed by atoms with E-state index in [4.69, 9.17) is 29.9 Å². The number of aromatic nitrogens is 8. The van der Waals surface area contributed by atoms with Crippen LogP contribution in [0.25, 0.3) is 89.7 Å². The molecule has 8 bridgehead atoms. The summed E-state index contributed by atoms with van der Waals surface area (Å²) in [6.45, 7) is 0. The molecular weight excluding hydrogens is 540 g/mol. The Morgan fingerprint density at radius 2 is 0.833 bits per heavy atom. The Kier molecular flexibility index (Phi) is 5.04. The van der Waals surface area contributed by atoms with Gasteiger partial charge in [-0.3, -0.25) is 0 Å². The van der Waals surface area contributed by atoms with Crippen LogP contribution in [0.3, 0.4) is 0 Å². The first-order chi connectivity index (χ1) is 20.7. The smallest absolute Gasteiger partial charge is 0.475 e. The van der Waals surface area contributed by atoms with Gasteiger partial charge in [0.15, 0.2) is 23.3 Å². The lowest BCUT2D eigenvalue weighted by Gasteiger charge is -1.98. The fraction of sp³-hybridized carbons (Fsp3) is 0. The Morgan fingerprint density at radius 3 is 1.33 bits per heavy atom. The molecule has 0 amide bonds. The lowest BCUT2D eigenvalue weighted by atomic mass is 10.1. The van der Waals surface area contributed by atoms with E-state index in [0.717, 1.165) is 43.8 Å². The minimum absolute atomic E-state index is 0.501. The Hall–Kier alpha value is -5.06. The van der Waals surface area contributed by atoms with Crippen LogP contribution in [-0.4, -0.2) is 60.8 Å². The zero-order valence-corrected chi connectivity index (χ0v) is 23.3. The van der Waals surface area contributed by atoms with Gasteiger partial charge < -0.3 is 12.9 Å². The summed E-state index contributed by atoms with van der Waals surface area (Å²) in [5.41, 5.74) is 5.83. The van der Waals surface area contributed by atoms with E-state index in [1.807, 2.05) is 91.0 Å². The van der Waals surface area contributed by atoms with Crippen LogP contribution in [0.2, 0.25) is 0 Å². The van der Waals surface area contributed by atoms with Crippen LogP contribution in [-0.2, 0) is 0 Å². The second-order valence-electron chi connectivity index (χ2n) is 10.2. The molecule has 0 radical (unpaired) electrons. The molecule has 2 aliphatic heterocycles. The van der Waals surface area contributed by atoms with Crippen molar-refractivity contribution >= 4 is 68.7 Å². The second kappa shape index (κ2) is 8.97. The topological polar surface area (TPSA) is 109 Å². The fourth-order valence-corrected chi connectivity index (χ4v) is 6.59. The molecule has 3 aromatic heterocycles. The van der Waals surface area contributed by atoms with E-state index >= 15 is 0 Å². The summed E-state index contributed by atoms with van der Waals surface area (Å²) < 4.78 is 15.1. The van der Waals surface area contributed by atoms with E-state index < -0.39 is 20.9 Å². The van der Waals surface area contributed by atoms with Crippen LogP contribution in [0, 0.1) is 0 Å². The Morgan fingerprint density at radius 1 is 0.429 bits per heavy atom. The predicted octanol–water partition coefficient (Wildman–Crippen LogP) is 6.08. The minimum atomic E-state index is -2.01. The van der Waals surface area contributed by atoms with Crippen molar-refractivity contribution in [3.63, 3.8) is 0 Å². The van der Waals surface area contributed by atoms with Gasteiger partial charge in [-0.05, 0) is 0 Å². The predicted molar refractivity (Wildman–Crippen MR) is 163 cm³/mol. The molecule has 194 valence electrons. The Labute approximate surface area is 247 Å². The number of halogens is 1. The lowest BCUT2D eigenvalue weighted by Crippen LogP contribution is -2.09. The van der Waals surface area contributed by atoms with Gasteiger partial charge in [0, 0.05) is 43.8 Å². The van der Waals surface area contributed by atoms with Gasteiger partial charge >= 0.3 is 20.9 Å². The third-order valence-electron chi connectivity index (χ3n) is 7.81. The molecule has 4 aromatic carbocycles. The molecule has 8 nitrogen and oxygen atoms in total. The largest absolute Gasteiger partial charge is 0.653 e. The fourth-order valence-electron chi connectivity index (χ4n) is 5.87. The van der Waals surface area contributed by atoms with Gasteiger partial charge in [-0.15, -0.1) is 3.69 Å². The number of nitrogens with zero attached hydrogens (tertiary/aromatic N) is 6. The molecule has 0 atom stereocenters. The number of hydrogen-bond acceptors (Lipinski definition) is 6. The number of H-pyrrole nitrogens is 2. The van der Waals surface area contributed by atoms with E-state index in [1.165, 1.54) is 0 Å². The van der Waals surface area contributed by atoms with Crippen molar-refractivity contribution in [2.75, 3.05) is 0 Å². The molecule has 0 saturated heterocycles. The lowest BCUT2D eigenvalue weighted by molar-refractivity contribution is 0.885. The average Bonchev–Trinajstić information content (AvgIpc) is 3.76. The third-order valence-corrected chi connectivity index (χ3v) is 8.69. The summed E-state index contributed by atoms with van der Waals surface area (Å²) in [5.74, 6) is 2.11. The first-order valence-electron chi connectivity index (χ1n) is 13.5. The highest BCUT2D eigenvalue weighted by molar-refractivity contribution is 6.52. The van der Waals surface area contributed by atoms with E-state index in [1.54, 1.807) is 0 Å². The van der Waals surface area contributed by atoms with Crippen molar-refractivity contribution in [3.05, 3.63) is 91.0 Å². The standard InChI is InChI=1S/C32H17N8.FH.Mg/c1-2-10-18-17(9-1)25-33-26(18)38-28-21-13-5-6-14-22(21)30(35-28)40-32-24-16-8-7-15-23(24)31(36-32)39-29-20-12-4-3-11-19(20)27(34-29)37-25;;/h1-15H,(H2,33,34,35,36,37,38,39,40);1H;/q;;+1/p-1. The molecule has 0 spiro atoms. The second-order valence-corrected chi connectivity index (χ2v) is 11.2. The summed E-state index contributed by atoms with van der Waals surface area (Å²) in [6, 6.07) is 29.4. The molecule has 0 fully saturated rings. The Bertz CT molecular complexity index is 2420. The normalized spacial score (nSPS) is 11.8. The Balaban J connectivity index is 1.52.